The molecule has 10 heteroatoms. The van der Waals surface area contributed by atoms with Gasteiger partial charge in [0.2, 0.25) is 15.9 Å². The van der Waals surface area contributed by atoms with Gasteiger partial charge < -0.3 is 15.7 Å². The third-order valence-electron chi connectivity index (χ3n) is 2.15. The van der Waals surface area contributed by atoms with Crippen molar-refractivity contribution in [2.45, 2.75) is 4.90 Å². The zero-order chi connectivity index (χ0) is 15.3. The molecular formula is C10H12FN3O5S. The smallest absolute Gasteiger partial charge is 0.322 e. The number of rotatable bonds is 6. The maximum atomic E-state index is 13.5. The number of sulfonamides is 1. The molecule has 110 valence electrons. The third kappa shape index (κ3) is 4.82. The van der Waals surface area contributed by atoms with Crippen molar-refractivity contribution in [1.29, 1.82) is 0 Å². The Balaban J connectivity index is 2.66. The van der Waals surface area contributed by atoms with E-state index in [-0.39, 0.29) is 12.2 Å². The second-order valence-corrected chi connectivity index (χ2v) is 5.27. The summed E-state index contributed by atoms with van der Waals surface area (Å²) < 4.78 is 35.5. The van der Waals surface area contributed by atoms with Gasteiger partial charge in [-0.2, -0.15) is 0 Å². The summed E-state index contributed by atoms with van der Waals surface area (Å²) in [5.41, 5.74) is -0.108. The SMILES string of the molecule is NS(=O)(=O)c1ccc(NCC(=O)NCC(=O)O)c(F)c1. The summed E-state index contributed by atoms with van der Waals surface area (Å²) in [5.74, 6) is -2.76. The number of benzene rings is 1. The number of carboxylic acid groups (broad SMARTS) is 1. The van der Waals surface area contributed by atoms with Crippen LogP contribution in [0.3, 0.4) is 0 Å². The van der Waals surface area contributed by atoms with E-state index >= 15 is 0 Å². The highest BCUT2D eigenvalue weighted by Crippen LogP contribution is 2.17. The Labute approximate surface area is 113 Å². The van der Waals surface area contributed by atoms with Gasteiger partial charge in [-0.15, -0.1) is 0 Å². The van der Waals surface area contributed by atoms with E-state index in [0.717, 1.165) is 12.1 Å². The van der Waals surface area contributed by atoms with E-state index in [4.69, 9.17) is 10.2 Å². The van der Waals surface area contributed by atoms with Gasteiger partial charge in [-0.05, 0) is 18.2 Å². The highest BCUT2D eigenvalue weighted by Gasteiger charge is 2.12. The molecule has 0 radical (unpaired) electrons. The van der Waals surface area contributed by atoms with Crippen LogP contribution >= 0.6 is 0 Å². The quantitative estimate of drug-likeness (QED) is 0.536. The highest BCUT2D eigenvalue weighted by atomic mass is 32.2. The summed E-state index contributed by atoms with van der Waals surface area (Å²) in [4.78, 5) is 21.0. The van der Waals surface area contributed by atoms with E-state index in [1.54, 1.807) is 0 Å². The Morgan fingerprint density at radius 2 is 1.95 bits per heavy atom. The second kappa shape index (κ2) is 6.30. The first-order valence-corrected chi connectivity index (χ1v) is 6.79. The first-order valence-electron chi connectivity index (χ1n) is 5.25. The Morgan fingerprint density at radius 3 is 2.45 bits per heavy atom. The van der Waals surface area contributed by atoms with Crippen molar-refractivity contribution in [3.05, 3.63) is 24.0 Å². The molecule has 8 nitrogen and oxygen atoms in total. The van der Waals surface area contributed by atoms with E-state index in [1.165, 1.54) is 0 Å². The van der Waals surface area contributed by atoms with Crippen LogP contribution in [-0.2, 0) is 19.6 Å². The number of halogens is 1. The number of primary sulfonamides is 1. The average Bonchev–Trinajstić information content (AvgIpc) is 2.33. The molecule has 20 heavy (non-hydrogen) atoms. The molecule has 0 heterocycles. The zero-order valence-electron chi connectivity index (χ0n) is 10.1. The number of amides is 1. The zero-order valence-corrected chi connectivity index (χ0v) is 10.9. The Bertz CT molecular complexity index is 632. The van der Waals surface area contributed by atoms with Crippen LogP contribution in [0, 0.1) is 5.82 Å². The lowest BCUT2D eigenvalue weighted by atomic mass is 10.3. The molecule has 0 saturated carbocycles. The lowest BCUT2D eigenvalue weighted by molar-refractivity contribution is -0.137. The van der Waals surface area contributed by atoms with Gasteiger partial charge in [0, 0.05) is 0 Å². The van der Waals surface area contributed by atoms with Crippen LogP contribution in [0.2, 0.25) is 0 Å². The Kier molecular flexibility index (Phi) is 5.00. The minimum atomic E-state index is -4.00. The molecule has 1 aromatic rings. The van der Waals surface area contributed by atoms with Crippen LogP contribution < -0.4 is 15.8 Å². The van der Waals surface area contributed by atoms with E-state index < -0.39 is 39.2 Å². The average molecular weight is 305 g/mol. The van der Waals surface area contributed by atoms with Gasteiger partial charge in [0.1, 0.15) is 12.4 Å². The van der Waals surface area contributed by atoms with Crippen molar-refractivity contribution < 1.29 is 27.5 Å². The van der Waals surface area contributed by atoms with Crippen LogP contribution in [-0.4, -0.2) is 38.5 Å². The monoisotopic (exact) mass is 305 g/mol. The van der Waals surface area contributed by atoms with Gasteiger partial charge in [-0.25, -0.2) is 17.9 Å². The largest absolute Gasteiger partial charge is 0.480 e. The van der Waals surface area contributed by atoms with Gasteiger partial charge in [-0.1, -0.05) is 0 Å². The number of nitrogens with one attached hydrogen (secondary N) is 2. The number of carboxylic acids is 1. The summed E-state index contributed by atoms with van der Waals surface area (Å²) in [6.45, 7) is -0.910. The molecule has 0 saturated heterocycles. The van der Waals surface area contributed by atoms with Gasteiger partial charge >= 0.3 is 5.97 Å². The number of aliphatic carboxylic acids is 1. The molecule has 0 bridgehead atoms. The second-order valence-electron chi connectivity index (χ2n) is 3.71. The maximum Gasteiger partial charge on any atom is 0.322 e. The number of anilines is 1. The summed E-state index contributed by atoms with van der Waals surface area (Å²) in [5, 5.41) is 17.6. The molecule has 1 aromatic carbocycles. The fraction of sp³-hybridized carbons (Fsp3) is 0.200. The molecule has 1 rings (SSSR count). The number of nitrogens with two attached hydrogens (primary N) is 1. The summed E-state index contributed by atoms with van der Waals surface area (Å²) in [6.07, 6.45) is 0. The van der Waals surface area contributed by atoms with Crippen LogP contribution in [0.4, 0.5) is 10.1 Å². The minimum absolute atomic E-state index is 0.108. The van der Waals surface area contributed by atoms with Gasteiger partial charge in [0.25, 0.3) is 0 Å². The fourth-order valence-electron chi connectivity index (χ4n) is 1.23. The predicted molar refractivity (Wildman–Crippen MR) is 66.9 cm³/mol. The molecule has 5 N–H and O–H groups in total. The van der Waals surface area contributed by atoms with E-state index in [1.807, 2.05) is 0 Å². The molecule has 0 aliphatic carbocycles. The predicted octanol–water partition coefficient (Wildman–Crippen LogP) is -0.914. The Morgan fingerprint density at radius 1 is 1.30 bits per heavy atom. The van der Waals surface area contributed by atoms with Crippen LogP contribution in [0.15, 0.2) is 23.1 Å². The number of carbonyl (C=O) groups excluding carboxylic acids is 1. The Hall–Kier alpha value is -2.20. The molecule has 0 unspecified atom stereocenters. The van der Waals surface area contributed by atoms with Crippen molar-refractivity contribution in [2.24, 2.45) is 5.14 Å². The van der Waals surface area contributed by atoms with Crippen molar-refractivity contribution in [3.63, 3.8) is 0 Å². The highest BCUT2D eigenvalue weighted by molar-refractivity contribution is 7.89. The van der Waals surface area contributed by atoms with Crippen LogP contribution in [0.1, 0.15) is 0 Å². The van der Waals surface area contributed by atoms with E-state index in [0.29, 0.717) is 6.07 Å². The molecule has 0 spiro atoms. The van der Waals surface area contributed by atoms with Crippen molar-refractivity contribution in [2.75, 3.05) is 18.4 Å². The number of carbonyl (C=O) groups is 2. The molecule has 1 amide bonds. The molecular weight excluding hydrogens is 293 g/mol. The lowest BCUT2D eigenvalue weighted by Gasteiger charge is -2.08. The van der Waals surface area contributed by atoms with Crippen molar-refractivity contribution in [3.8, 4) is 0 Å². The molecule has 0 atom stereocenters. The van der Waals surface area contributed by atoms with Crippen molar-refractivity contribution in [1.82, 2.24) is 5.32 Å². The van der Waals surface area contributed by atoms with E-state index in [2.05, 4.69) is 10.6 Å². The van der Waals surface area contributed by atoms with Gasteiger partial charge in [0.05, 0.1) is 17.1 Å². The van der Waals surface area contributed by atoms with Gasteiger partial charge in [0.15, 0.2) is 0 Å². The molecule has 0 aromatic heterocycles. The topological polar surface area (TPSA) is 139 Å². The molecule has 0 fully saturated rings. The van der Waals surface area contributed by atoms with Crippen LogP contribution in [0.5, 0.6) is 0 Å². The normalized spacial score (nSPS) is 10.9. The van der Waals surface area contributed by atoms with Gasteiger partial charge in [-0.3, -0.25) is 9.59 Å². The maximum absolute atomic E-state index is 13.5. The first kappa shape index (κ1) is 15.9. The third-order valence-corrected chi connectivity index (χ3v) is 3.06. The standard InChI is InChI=1S/C10H12FN3O5S/c11-7-3-6(20(12,18)19)1-2-8(7)13-4-9(15)14-5-10(16)17/h1-3,13H,4-5H2,(H,14,15)(H,16,17)(H2,12,18,19). The summed E-state index contributed by atoms with van der Waals surface area (Å²) in [7, 11) is -4.00. The minimum Gasteiger partial charge on any atom is -0.480 e. The lowest BCUT2D eigenvalue weighted by Crippen LogP contribution is -2.34. The van der Waals surface area contributed by atoms with E-state index in [9.17, 15) is 22.4 Å². The summed E-state index contributed by atoms with van der Waals surface area (Å²) in [6, 6.07) is 2.91. The molecule has 0 aliphatic rings. The first-order chi connectivity index (χ1) is 9.20. The summed E-state index contributed by atoms with van der Waals surface area (Å²) >= 11 is 0. The fourth-order valence-corrected chi connectivity index (χ4v) is 1.75. The number of hydrogen-bond acceptors (Lipinski definition) is 5. The molecule has 0 aliphatic heterocycles. The number of hydrogen-bond donors (Lipinski definition) is 4. The van der Waals surface area contributed by atoms with Crippen LogP contribution in [0.25, 0.3) is 0 Å². The van der Waals surface area contributed by atoms with Crippen molar-refractivity contribution >= 4 is 27.6 Å².